The Morgan fingerprint density at radius 1 is 1.05 bits per heavy atom. The monoisotopic (exact) mass is 579 g/mol. The number of aromatic nitrogens is 1. The van der Waals surface area contributed by atoms with Gasteiger partial charge < -0.3 is 14.8 Å². The zero-order valence-corrected chi connectivity index (χ0v) is 23.5. The molecule has 4 aromatic rings. The Morgan fingerprint density at radius 3 is 2.44 bits per heavy atom. The van der Waals surface area contributed by atoms with Crippen molar-refractivity contribution in [3.8, 4) is 11.5 Å². The van der Waals surface area contributed by atoms with Crippen LogP contribution in [-0.4, -0.2) is 24.7 Å². The summed E-state index contributed by atoms with van der Waals surface area (Å²) in [5.41, 5.74) is 2.62. The molecule has 0 spiro atoms. The Labute approximate surface area is 238 Å². The zero-order chi connectivity index (χ0) is 27.7. The summed E-state index contributed by atoms with van der Waals surface area (Å²) in [5, 5.41) is 3.84. The number of amides is 1. The number of hydrogen-bond donors (Lipinski definition) is 1. The summed E-state index contributed by atoms with van der Waals surface area (Å²) in [4.78, 5) is 32.6. The molecule has 39 heavy (non-hydrogen) atoms. The van der Waals surface area contributed by atoms with Gasteiger partial charge in [0.15, 0.2) is 16.3 Å². The van der Waals surface area contributed by atoms with Crippen molar-refractivity contribution in [2.75, 3.05) is 19.5 Å². The number of benzene rings is 3. The highest BCUT2D eigenvalue weighted by Gasteiger charge is 2.32. The molecule has 0 fully saturated rings. The third-order valence-electron chi connectivity index (χ3n) is 6.24. The van der Waals surface area contributed by atoms with E-state index in [2.05, 4.69) is 10.3 Å². The van der Waals surface area contributed by atoms with Gasteiger partial charge in [-0.1, -0.05) is 64.9 Å². The topological polar surface area (TPSA) is 81.9 Å². The third-order valence-corrected chi connectivity index (χ3v) is 7.75. The first kappa shape index (κ1) is 26.7. The minimum atomic E-state index is -0.710. The van der Waals surface area contributed by atoms with Gasteiger partial charge in [0.25, 0.3) is 11.5 Å². The fraction of sp³-hybridized carbons (Fsp3) is 0.138. The van der Waals surface area contributed by atoms with Gasteiger partial charge in [-0.3, -0.25) is 14.2 Å². The van der Waals surface area contributed by atoms with Crippen molar-refractivity contribution in [1.29, 1.82) is 0 Å². The van der Waals surface area contributed by atoms with Crippen LogP contribution in [0, 0.1) is 0 Å². The number of para-hydroxylation sites is 1. The zero-order valence-electron chi connectivity index (χ0n) is 21.2. The molecular weight excluding hydrogens is 557 g/mol. The van der Waals surface area contributed by atoms with Crippen LogP contribution < -0.4 is 29.7 Å². The highest BCUT2D eigenvalue weighted by atomic mass is 35.5. The fourth-order valence-electron chi connectivity index (χ4n) is 4.46. The molecule has 1 aliphatic rings. The number of rotatable bonds is 6. The molecular formula is C29H23Cl2N3O4S. The van der Waals surface area contributed by atoms with Crippen LogP contribution in [0.4, 0.5) is 5.69 Å². The molecule has 10 heteroatoms. The Hall–Kier alpha value is -3.85. The van der Waals surface area contributed by atoms with E-state index in [4.69, 9.17) is 32.7 Å². The highest BCUT2D eigenvalue weighted by Crippen LogP contribution is 2.36. The van der Waals surface area contributed by atoms with Gasteiger partial charge in [-0.2, -0.15) is 0 Å². The van der Waals surface area contributed by atoms with Crippen molar-refractivity contribution >= 4 is 52.2 Å². The number of carbonyl (C=O) groups is 1. The van der Waals surface area contributed by atoms with Crippen LogP contribution in [0.25, 0.3) is 6.08 Å². The largest absolute Gasteiger partial charge is 0.493 e. The first-order valence-corrected chi connectivity index (χ1v) is 13.4. The maximum absolute atomic E-state index is 13.9. The number of ether oxygens (including phenoxy) is 2. The lowest BCUT2D eigenvalue weighted by atomic mass is 9.95. The SMILES string of the molecule is COc1cc(/C=c2\sc3n(c2=O)[C@H](c2ccc(Cl)cc2)C(C(=O)Nc2ccccc2)=C(C)N=3)cc(Cl)c1OC. The number of halogens is 2. The second-order valence-corrected chi connectivity index (χ2v) is 10.5. The van der Waals surface area contributed by atoms with E-state index in [0.717, 1.165) is 5.56 Å². The van der Waals surface area contributed by atoms with Crippen molar-refractivity contribution < 1.29 is 14.3 Å². The van der Waals surface area contributed by atoms with Crippen molar-refractivity contribution in [2.45, 2.75) is 13.0 Å². The molecule has 0 radical (unpaired) electrons. The van der Waals surface area contributed by atoms with Gasteiger partial charge in [-0.05, 0) is 60.5 Å². The lowest BCUT2D eigenvalue weighted by Crippen LogP contribution is -2.40. The van der Waals surface area contributed by atoms with Crippen molar-refractivity contribution in [1.82, 2.24) is 4.57 Å². The van der Waals surface area contributed by atoms with Gasteiger partial charge in [0.2, 0.25) is 0 Å². The van der Waals surface area contributed by atoms with Crippen molar-refractivity contribution in [3.05, 3.63) is 119 Å². The van der Waals surface area contributed by atoms with Gasteiger partial charge in [0, 0.05) is 10.7 Å². The number of hydrogen-bond acceptors (Lipinski definition) is 6. The van der Waals surface area contributed by atoms with Crippen LogP contribution in [0.5, 0.6) is 11.5 Å². The van der Waals surface area contributed by atoms with Crippen LogP contribution in [0.2, 0.25) is 10.0 Å². The van der Waals surface area contributed by atoms with Gasteiger partial charge >= 0.3 is 0 Å². The standard InChI is InChI=1S/C29H23Cl2N3O4S/c1-16-24(27(35)33-20-7-5-4-6-8-20)25(18-9-11-19(30)12-10-18)34-28(36)23(39-29(34)32-16)15-17-13-21(31)26(38-3)22(14-17)37-2/h4-15,25H,1-3H3,(H,33,35)/b23-15-/t25-/m1/s1. The minimum absolute atomic E-state index is 0.290. The molecule has 3 aromatic carbocycles. The first-order valence-electron chi connectivity index (χ1n) is 11.9. The molecule has 5 rings (SSSR count). The Bertz CT molecular complexity index is 1780. The molecule has 2 heterocycles. The number of allylic oxidation sites excluding steroid dienone is 1. The molecule has 1 amide bonds. The first-order chi connectivity index (χ1) is 18.8. The van der Waals surface area contributed by atoms with Gasteiger partial charge in [-0.15, -0.1) is 0 Å². The van der Waals surface area contributed by atoms with E-state index in [9.17, 15) is 9.59 Å². The number of nitrogens with one attached hydrogen (secondary N) is 1. The molecule has 7 nitrogen and oxygen atoms in total. The summed E-state index contributed by atoms with van der Waals surface area (Å²) in [6.07, 6.45) is 1.72. The highest BCUT2D eigenvalue weighted by molar-refractivity contribution is 7.07. The van der Waals surface area contributed by atoms with E-state index in [1.165, 1.54) is 25.6 Å². The van der Waals surface area contributed by atoms with Gasteiger partial charge in [0.1, 0.15) is 0 Å². The summed E-state index contributed by atoms with van der Waals surface area (Å²) in [6, 6.07) is 19.0. The Kier molecular flexibility index (Phi) is 7.61. The third kappa shape index (κ3) is 5.23. The van der Waals surface area contributed by atoms with Crippen LogP contribution in [0.15, 0.2) is 87.8 Å². The average molecular weight is 580 g/mol. The predicted octanol–water partition coefficient (Wildman–Crippen LogP) is 5.20. The molecule has 0 saturated carbocycles. The Morgan fingerprint density at radius 2 is 1.77 bits per heavy atom. The molecule has 1 aromatic heterocycles. The maximum Gasteiger partial charge on any atom is 0.271 e. The van der Waals surface area contributed by atoms with E-state index in [0.29, 0.717) is 53.4 Å². The molecule has 0 saturated heterocycles. The van der Waals surface area contributed by atoms with Gasteiger partial charge in [0.05, 0.1) is 41.1 Å². The van der Waals surface area contributed by atoms with E-state index in [1.807, 2.05) is 30.3 Å². The second-order valence-electron chi connectivity index (χ2n) is 8.69. The molecule has 1 atom stereocenters. The van der Waals surface area contributed by atoms with Crippen molar-refractivity contribution in [2.24, 2.45) is 4.99 Å². The number of fused-ring (bicyclic) bond motifs is 1. The molecule has 0 aliphatic carbocycles. The van der Waals surface area contributed by atoms with Crippen LogP contribution >= 0.6 is 34.5 Å². The van der Waals surface area contributed by atoms with E-state index in [1.54, 1.807) is 54.0 Å². The minimum Gasteiger partial charge on any atom is -0.493 e. The number of nitrogens with zero attached hydrogens (tertiary/aromatic N) is 2. The summed E-state index contributed by atoms with van der Waals surface area (Å²) in [5.74, 6) is 0.507. The molecule has 1 N–H and O–H groups in total. The molecule has 0 unspecified atom stereocenters. The molecule has 198 valence electrons. The van der Waals surface area contributed by atoms with E-state index < -0.39 is 6.04 Å². The van der Waals surface area contributed by atoms with Crippen LogP contribution in [0.1, 0.15) is 24.1 Å². The van der Waals surface area contributed by atoms with Crippen LogP contribution in [-0.2, 0) is 4.79 Å². The Balaban J connectivity index is 1.67. The average Bonchev–Trinajstić information content (AvgIpc) is 3.22. The summed E-state index contributed by atoms with van der Waals surface area (Å²) < 4.78 is 12.7. The van der Waals surface area contributed by atoms with E-state index >= 15 is 0 Å². The number of methoxy groups -OCH3 is 2. The number of thiazole rings is 1. The summed E-state index contributed by atoms with van der Waals surface area (Å²) in [7, 11) is 3.02. The second kappa shape index (κ2) is 11.1. The van der Waals surface area contributed by atoms with Crippen molar-refractivity contribution in [3.63, 3.8) is 0 Å². The maximum atomic E-state index is 13.9. The predicted molar refractivity (Wildman–Crippen MR) is 155 cm³/mol. The normalized spacial score (nSPS) is 15.0. The fourth-order valence-corrected chi connectivity index (χ4v) is 5.93. The quantitative estimate of drug-likeness (QED) is 0.340. The number of carbonyl (C=O) groups excluding carboxylic acids is 1. The van der Waals surface area contributed by atoms with Gasteiger partial charge in [-0.25, -0.2) is 4.99 Å². The van der Waals surface area contributed by atoms with Crippen LogP contribution in [0.3, 0.4) is 0 Å². The molecule has 0 bridgehead atoms. The van der Waals surface area contributed by atoms with E-state index in [-0.39, 0.29) is 11.5 Å². The summed E-state index contributed by atoms with van der Waals surface area (Å²) in [6.45, 7) is 1.77. The lowest BCUT2D eigenvalue weighted by Gasteiger charge is -2.25. The lowest BCUT2D eigenvalue weighted by molar-refractivity contribution is -0.113. The molecule has 1 aliphatic heterocycles. The smallest absolute Gasteiger partial charge is 0.271 e. The summed E-state index contributed by atoms with van der Waals surface area (Å²) >= 11 is 13.8. The number of anilines is 1.